The highest BCUT2D eigenvalue weighted by Gasteiger charge is 2.52. The van der Waals surface area contributed by atoms with E-state index in [9.17, 15) is 13.9 Å². The van der Waals surface area contributed by atoms with Crippen molar-refractivity contribution >= 4 is 72.1 Å². The van der Waals surface area contributed by atoms with E-state index in [2.05, 4.69) is 49.4 Å². The summed E-state index contributed by atoms with van der Waals surface area (Å²) < 4.78 is 79.8. The van der Waals surface area contributed by atoms with Crippen LogP contribution in [0, 0.1) is 0 Å². The molecule has 5 N–H and O–H groups in total. The summed E-state index contributed by atoms with van der Waals surface area (Å²) in [7, 11) is 0. The second-order valence-electron chi connectivity index (χ2n) is 10.1. The second kappa shape index (κ2) is 11.0. The summed E-state index contributed by atoms with van der Waals surface area (Å²) in [6.45, 7) is -9.39. The van der Waals surface area contributed by atoms with Crippen LogP contribution in [0.15, 0.2) is 29.7 Å². The third kappa shape index (κ3) is 5.44. The molecule has 0 aliphatic carbocycles. The second-order valence-corrected chi connectivity index (χ2v) is 15.9. The molecule has 2 bridgehead atoms. The Hall–Kier alpha value is -2.58. The quantitative estimate of drug-likeness (QED) is 0.150. The van der Waals surface area contributed by atoms with Crippen LogP contribution < -0.4 is 17.0 Å². The fraction of sp³-hybridized carbons (Fsp3) is 0.476. The molecule has 4 aromatic heterocycles. The van der Waals surface area contributed by atoms with Gasteiger partial charge in [0.05, 0.1) is 37.7 Å². The SMILES string of the molecule is Nc1nc2c(ncn2[C@@H]2O[C@@H]3COP(=O)(S)O[C@@H]4C(F)[C@H](n5cnc6c(N)ccnc65)O[C@@H]4COP(=O)(S)OC2C3)c(=O)[nH]1. The van der Waals surface area contributed by atoms with E-state index in [4.69, 9.17) is 39.0 Å². The van der Waals surface area contributed by atoms with Crippen LogP contribution in [0.1, 0.15) is 18.9 Å². The molecule has 0 radical (unpaired) electrons. The Labute approximate surface area is 256 Å². The number of thiol groups is 2. The van der Waals surface area contributed by atoms with Crippen LogP contribution in [-0.2, 0) is 36.7 Å². The monoisotopic (exact) mass is 691 g/mol. The largest absolute Gasteiger partial charge is 0.397 e. The molecule has 7 rings (SSSR count). The Kier molecular flexibility index (Phi) is 7.55. The number of nitrogens with zero attached hydrogens (tertiary/aromatic N) is 6. The standard InChI is InChI=1S/C21H24FN9O9P2S2/c22-12-15-11(38-20(12)30-6-26-13-9(23)1-2-25-16(13)30)5-36-41(33,43)39-10-3-8(4-35-42(34,44)40-15)37-19(10)31-7-27-14-17(31)28-21(24)29-18(14)32/h1-2,6-8,10-12,15,19-20H,3-5H2,(H2,23,25)(H,33,43)(H,34,44)(H3,24,28,29,32)/t8-,10?,11+,12?,15-,19+,20+,41?,42?/m0/s1. The summed E-state index contributed by atoms with van der Waals surface area (Å²) in [5.74, 6) is -0.170. The molecule has 3 saturated heterocycles. The van der Waals surface area contributed by atoms with E-state index >= 15 is 4.39 Å². The van der Waals surface area contributed by atoms with Crippen molar-refractivity contribution in [2.45, 2.75) is 49.5 Å². The number of imidazole rings is 2. The van der Waals surface area contributed by atoms with Crippen molar-refractivity contribution in [1.82, 2.24) is 34.1 Å². The molecule has 0 saturated carbocycles. The smallest absolute Gasteiger partial charge is 0.386 e. The van der Waals surface area contributed by atoms with Gasteiger partial charge in [0.2, 0.25) is 5.95 Å². The van der Waals surface area contributed by atoms with Gasteiger partial charge >= 0.3 is 13.6 Å². The van der Waals surface area contributed by atoms with Gasteiger partial charge < -0.3 is 20.9 Å². The van der Waals surface area contributed by atoms with Crippen molar-refractivity contribution in [3.63, 3.8) is 0 Å². The molecule has 236 valence electrons. The highest BCUT2D eigenvalue weighted by molar-refractivity contribution is 8.44. The van der Waals surface area contributed by atoms with Gasteiger partial charge in [0.1, 0.15) is 23.8 Å². The highest BCUT2D eigenvalue weighted by Crippen LogP contribution is 2.60. The maximum absolute atomic E-state index is 16.0. The Bertz CT molecular complexity index is 1910. The van der Waals surface area contributed by atoms with Crippen LogP contribution in [0.2, 0.25) is 0 Å². The topological polar surface area (TPSA) is 236 Å². The summed E-state index contributed by atoms with van der Waals surface area (Å²) in [4.78, 5) is 31.2. The number of nitrogens with one attached hydrogen (secondary N) is 1. The zero-order valence-electron chi connectivity index (χ0n) is 22.2. The molecule has 3 aliphatic heterocycles. The molecular formula is C21H24FN9O9P2S2. The third-order valence-electron chi connectivity index (χ3n) is 7.25. The van der Waals surface area contributed by atoms with Crippen LogP contribution in [0.4, 0.5) is 16.0 Å². The van der Waals surface area contributed by atoms with E-state index in [0.29, 0.717) is 11.2 Å². The molecular weight excluding hydrogens is 667 g/mol. The van der Waals surface area contributed by atoms with Crippen molar-refractivity contribution < 1.29 is 41.1 Å². The van der Waals surface area contributed by atoms with Crippen LogP contribution in [0.25, 0.3) is 22.3 Å². The number of halogens is 1. The minimum atomic E-state index is -4.26. The van der Waals surface area contributed by atoms with E-state index < -0.39 is 68.8 Å². The number of hydrogen-bond donors (Lipinski definition) is 5. The maximum atomic E-state index is 16.0. The van der Waals surface area contributed by atoms with Crippen LogP contribution in [0.5, 0.6) is 0 Å². The lowest BCUT2D eigenvalue weighted by atomic mass is 10.1. The molecule has 9 atom stereocenters. The predicted molar refractivity (Wildman–Crippen MR) is 157 cm³/mol. The minimum absolute atomic E-state index is 0.0301. The normalized spacial score (nSPS) is 36.6. The molecule has 18 nitrogen and oxygen atoms in total. The summed E-state index contributed by atoms with van der Waals surface area (Å²) in [5.41, 5.74) is 12.0. The number of H-pyrrole nitrogens is 1. The number of nitrogen functional groups attached to an aromatic ring is 2. The Morgan fingerprint density at radius 2 is 1.64 bits per heavy atom. The Morgan fingerprint density at radius 1 is 0.932 bits per heavy atom. The molecule has 4 unspecified atom stereocenters. The fourth-order valence-corrected chi connectivity index (χ4v) is 8.33. The molecule has 4 aromatic rings. The minimum Gasteiger partial charge on any atom is -0.397 e. The van der Waals surface area contributed by atoms with E-state index in [1.54, 1.807) is 0 Å². The number of anilines is 2. The average Bonchev–Trinajstić information content (AvgIpc) is 3.72. The van der Waals surface area contributed by atoms with Crippen LogP contribution in [-0.4, -0.2) is 77.9 Å². The molecule has 3 aliphatic rings. The number of nitrogens with two attached hydrogens (primary N) is 2. The molecule has 0 spiro atoms. The first-order valence-corrected chi connectivity index (χ1v) is 18.3. The molecule has 7 heterocycles. The summed E-state index contributed by atoms with van der Waals surface area (Å²) in [6, 6.07) is 1.54. The molecule has 44 heavy (non-hydrogen) atoms. The van der Waals surface area contributed by atoms with Gasteiger partial charge in [0, 0.05) is 12.6 Å². The average molecular weight is 692 g/mol. The van der Waals surface area contributed by atoms with E-state index in [1.807, 2.05) is 0 Å². The van der Waals surface area contributed by atoms with Gasteiger partial charge in [0.15, 0.2) is 35.4 Å². The number of rotatable bonds is 2. The van der Waals surface area contributed by atoms with Gasteiger partial charge in [-0.2, -0.15) is 4.98 Å². The molecule has 0 amide bonds. The number of fused-ring (bicyclic) bond motifs is 5. The van der Waals surface area contributed by atoms with E-state index in [1.165, 1.54) is 34.1 Å². The summed E-state index contributed by atoms with van der Waals surface area (Å²) >= 11 is 8.17. The van der Waals surface area contributed by atoms with E-state index in [0.717, 1.165) is 0 Å². The van der Waals surface area contributed by atoms with Crippen LogP contribution >= 0.6 is 38.1 Å². The predicted octanol–water partition coefficient (Wildman–Crippen LogP) is 2.14. The number of pyridine rings is 1. The summed E-state index contributed by atoms with van der Waals surface area (Å²) in [5, 5.41) is 0. The van der Waals surface area contributed by atoms with Gasteiger partial charge in [0.25, 0.3) is 5.56 Å². The lowest BCUT2D eigenvalue weighted by Crippen LogP contribution is -2.33. The lowest BCUT2D eigenvalue weighted by Gasteiger charge is -2.26. The van der Waals surface area contributed by atoms with Gasteiger partial charge in [-0.15, -0.1) is 0 Å². The van der Waals surface area contributed by atoms with E-state index in [-0.39, 0.29) is 35.8 Å². The molecule has 23 heteroatoms. The van der Waals surface area contributed by atoms with Crippen molar-refractivity contribution in [3.05, 3.63) is 35.3 Å². The Balaban J connectivity index is 1.19. The number of aromatic nitrogens is 7. The number of hydrogen-bond acceptors (Lipinski definition) is 15. The zero-order valence-corrected chi connectivity index (χ0v) is 25.7. The van der Waals surface area contributed by atoms with Crippen molar-refractivity contribution in [2.75, 3.05) is 24.7 Å². The van der Waals surface area contributed by atoms with Gasteiger partial charge in [-0.25, -0.2) is 28.5 Å². The van der Waals surface area contributed by atoms with Gasteiger partial charge in [-0.1, -0.05) is 24.5 Å². The van der Waals surface area contributed by atoms with Crippen LogP contribution in [0.3, 0.4) is 0 Å². The Morgan fingerprint density at radius 3 is 2.43 bits per heavy atom. The third-order valence-corrected chi connectivity index (χ3v) is 10.5. The van der Waals surface area contributed by atoms with Crippen molar-refractivity contribution in [3.8, 4) is 0 Å². The maximum Gasteiger partial charge on any atom is 0.386 e. The van der Waals surface area contributed by atoms with Crippen molar-refractivity contribution in [2.24, 2.45) is 0 Å². The lowest BCUT2D eigenvalue weighted by molar-refractivity contribution is -0.0561. The zero-order chi connectivity index (χ0) is 31.0. The van der Waals surface area contributed by atoms with Gasteiger partial charge in [-0.3, -0.25) is 37.0 Å². The fourth-order valence-electron chi connectivity index (χ4n) is 5.34. The van der Waals surface area contributed by atoms with Gasteiger partial charge in [-0.05, 0) is 6.07 Å². The number of alkyl halides is 1. The first-order chi connectivity index (χ1) is 20.9. The number of ether oxygens (including phenoxy) is 2. The number of aromatic amines is 1. The first-order valence-electron chi connectivity index (χ1n) is 12.9. The molecule has 3 fully saturated rings. The van der Waals surface area contributed by atoms with Crippen molar-refractivity contribution in [1.29, 1.82) is 0 Å². The highest BCUT2D eigenvalue weighted by atomic mass is 32.7. The first kappa shape index (κ1) is 30.1. The molecule has 0 aromatic carbocycles. The summed E-state index contributed by atoms with van der Waals surface area (Å²) in [6.07, 6.45) is -5.10.